The van der Waals surface area contributed by atoms with E-state index in [-0.39, 0.29) is 6.42 Å². The molecule has 0 aliphatic heterocycles. The Balaban J connectivity index is 2.46. The molecule has 17 heavy (non-hydrogen) atoms. The van der Waals surface area contributed by atoms with E-state index in [1.54, 1.807) is 0 Å². The lowest BCUT2D eigenvalue weighted by Crippen LogP contribution is -2.10. The van der Waals surface area contributed by atoms with Crippen molar-refractivity contribution in [3.05, 3.63) is 35.2 Å². The van der Waals surface area contributed by atoms with Crippen molar-refractivity contribution in [2.24, 2.45) is 0 Å². The molecule has 0 saturated carbocycles. The van der Waals surface area contributed by atoms with E-state index in [2.05, 4.69) is 15.5 Å². The molecule has 0 radical (unpaired) electrons. The molecule has 1 aromatic carbocycles. The number of aliphatic carboxylic acids is 1. The molecule has 0 atom stereocenters. The molecule has 88 valence electrons. The number of aryl methyl sites for hydroxylation is 2. The van der Waals surface area contributed by atoms with Crippen LogP contribution in [0.5, 0.6) is 0 Å². The molecule has 1 aromatic heterocycles. The number of aromatic nitrogens is 4. The first kappa shape index (κ1) is 11.3. The predicted molar refractivity (Wildman–Crippen MR) is 60.0 cm³/mol. The highest BCUT2D eigenvalue weighted by atomic mass is 16.4. The molecule has 6 heteroatoms. The van der Waals surface area contributed by atoms with Gasteiger partial charge in [-0.3, -0.25) is 4.79 Å². The fourth-order valence-electron chi connectivity index (χ4n) is 1.68. The molecule has 0 aliphatic carbocycles. The van der Waals surface area contributed by atoms with Crippen LogP contribution in [0, 0.1) is 13.8 Å². The van der Waals surface area contributed by atoms with Crippen LogP contribution in [0.2, 0.25) is 0 Å². The summed E-state index contributed by atoms with van der Waals surface area (Å²) in [6.07, 6.45) is -0.194. The van der Waals surface area contributed by atoms with Crippen LogP contribution in [0.3, 0.4) is 0 Å². The summed E-state index contributed by atoms with van der Waals surface area (Å²) in [6.45, 7) is 3.93. The number of tetrazole rings is 1. The summed E-state index contributed by atoms with van der Waals surface area (Å²) in [6, 6.07) is 5.82. The maximum absolute atomic E-state index is 10.7. The second-order valence-electron chi connectivity index (χ2n) is 3.87. The Kier molecular flexibility index (Phi) is 2.86. The number of benzene rings is 1. The van der Waals surface area contributed by atoms with Gasteiger partial charge in [-0.1, -0.05) is 17.7 Å². The average Bonchev–Trinajstić information content (AvgIpc) is 2.65. The van der Waals surface area contributed by atoms with Crippen molar-refractivity contribution in [1.82, 2.24) is 20.2 Å². The first-order valence-electron chi connectivity index (χ1n) is 5.14. The van der Waals surface area contributed by atoms with Crippen LogP contribution >= 0.6 is 0 Å². The highest BCUT2D eigenvalue weighted by Crippen LogP contribution is 2.15. The zero-order chi connectivity index (χ0) is 12.4. The second-order valence-corrected chi connectivity index (χ2v) is 3.87. The Morgan fingerprint density at radius 1 is 1.41 bits per heavy atom. The van der Waals surface area contributed by atoms with Crippen LogP contribution in [0.25, 0.3) is 5.69 Å². The lowest BCUT2D eigenvalue weighted by molar-refractivity contribution is -0.136. The van der Waals surface area contributed by atoms with Crippen molar-refractivity contribution >= 4 is 5.97 Å². The van der Waals surface area contributed by atoms with E-state index >= 15 is 0 Å². The minimum atomic E-state index is -0.953. The number of hydrogen-bond donors (Lipinski definition) is 1. The maximum atomic E-state index is 10.7. The highest BCUT2D eigenvalue weighted by Gasteiger charge is 2.13. The molecule has 1 heterocycles. The van der Waals surface area contributed by atoms with Crippen LogP contribution in [0.15, 0.2) is 18.2 Å². The van der Waals surface area contributed by atoms with Gasteiger partial charge >= 0.3 is 5.97 Å². The first-order chi connectivity index (χ1) is 8.08. The molecular weight excluding hydrogens is 220 g/mol. The molecule has 6 nitrogen and oxygen atoms in total. The minimum absolute atomic E-state index is 0.194. The number of carboxylic acid groups (broad SMARTS) is 1. The van der Waals surface area contributed by atoms with E-state index in [1.165, 1.54) is 4.68 Å². The predicted octanol–water partition coefficient (Wildman–Crippen LogP) is 0.906. The highest BCUT2D eigenvalue weighted by molar-refractivity contribution is 5.69. The zero-order valence-corrected chi connectivity index (χ0v) is 9.58. The Hall–Kier alpha value is -2.24. The van der Waals surface area contributed by atoms with Crippen molar-refractivity contribution in [3.8, 4) is 5.69 Å². The molecule has 0 bridgehead atoms. The normalized spacial score (nSPS) is 10.5. The third-order valence-corrected chi connectivity index (χ3v) is 2.42. The van der Waals surface area contributed by atoms with Crippen molar-refractivity contribution in [3.63, 3.8) is 0 Å². The third-order valence-electron chi connectivity index (χ3n) is 2.42. The first-order valence-corrected chi connectivity index (χ1v) is 5.14. The van der Waals surface area contributed by atoms with Crippen molar-refractivity contribution in [2.75, 3.05) is 0 Å². The van der Waals surface area contributed by atoms with Crippen LogP contribution in [0.1, 0.15) is 17.0 Å². The van der Waals surface area contributed by atoms with E-state index in [0.29, 0.717) is 5.82 Å². The van der Waals surface area contributed by atoms with Gasteiger partial charge < -0.3 is 5.11 Å². The maximum Gasteiger partial charge on any atom is 0.311 e. The van der Waals surface area contributed by atoms with Gasteiger partial charge in [0, 0.05) is 0 Å². The van der Waals surface area contributed by atoms with E-state index in [4.69, 9.17) is 5.11 Å². The monoisotopic (exact) mass is 232 g/mol. The third kappa shape index (κ3) is 2.30. The quantitative estimate of drug-likeness (QED) is 0.850. The Labute approximate surface area is 97.9 Å². The van der Waals surface area contributed by atoms with Crippen molar-refractivity contribution in [1.29, 1.82) is 0 Å². The van der Waals surface area contributed by atoms with Gasteiger partial charge in [0.2, 0.25) is 0 Å². The SMILES string of the molecule is Cc1ccc(-n2nnnc2CC(=O)O)c(C)c1. The molecule has 0 amide bonds. The largest absolute Gasteiger partial charge is 0.481 e. The summed E-state index contributed by atoms with van der Waals surface area (Å²) in [7, 11) is 0. The summed E-state index contributed by atoms with van der Waals surface area (Å²) < 4.78 is 1.46. The molecule has 0 saturated heterocycles. The molecule has 0 fully saturated rings. The zero-order valence-electron chi connectivity index (χ0n) is 9.58. The van der Waals surface area contributed by atoms with Crippen molar-refractivity contribution in [2.45, 2.75) is 20.3 Å². The molecule has 2 rings (SSSR count). The number of nitrogens with zero attached hydrogens (tertiary/aromatic N) is 4. The van der Waals surface area contributed by atoms with Gasteiger partial charge in [-0.2, -0.15) is 4.68 Å². The molecule has 2 aromatic rings. The Morgan fingerprint density at radius 2 is 2.18 bits per heavy atom. The van der Waals surface area contributed by atoms with E-state index in [0.717, 1.165) is 16.8 Å². The van der Waals surface area contributed by atoms with Gasteiger partial charge in [-0.15, -0.1) is 5.10 Å². The fraction of sp³-hybridized carbons (Fsp3) is 0.273. The lowest BCUT2D eigenvalue weighted by Gasteiger charge is -2.07. The van der Waals surface area contributed by atoms with Gasteiger partial charge in [0.05, 0.1) is 5.69 Å². The summed E-state index contributed by atoms with van der Waals surface area (Å²) in [5, 5.41) is 19.8. The van der Waals surface area contributed by atoms with Crippen LogP contribution in [-0.4, -0.2) is 31.3 Å². The number of carboxylic acids is 1. The fourth-order valence-corrected chi connectivity index (χ4v) is 1.68. The van der Waals surface area contributed by atoms with Gasteiger partial charge in [0.25, 0.3) is 0 Å². The van der Waals surface area contributed by atoms with E-state index < -0.39 is 5.97 Å². The molecule has 0 spiro atoms. The van der Waals surface area contributed by atoms with Gasteiger partial charge in [0.1, 0.15) is 6.42 Å². The van der Waals surface area contributed by atoms with Gasteiger partial charge in [0.15, 0.2) is 5.82 Å². The second kappa shape index (κ2) is 4.32. The van der Waals surface area contributed by atoms with E-state index in [9.17, 15) is 4.79 Å². The number of rotatable bonds is 3. The smallest absolute Gasteiger partial charge is 0.311 e. The Bertz CT molecular complexity index is 562. The summed E-state index contributed by atoms with van der Waals surface area (Å²) >= 11 is 0. The summed E-state index contributed by atoms with van der Waals surface area (Å²) in [5.41, 5.74) is 2.94. The standard InChI is InChI=1S/C11H12N4O2/c1-7-3-4-9(8(2)5-7)15-10(6-11(16)17)12-13-14-15/h3-5H,6H2,1-2H3,(H,16,17). The van der Waals surface area contributed by atoms with E-state index in [1.807, 2.05) is 32.0 Å². The molecule has 0 aliphatic rings. The Morgan fingerprint density at radius 3 is 2.82 bits per heavy atom. The topological polar surface area (TPSA) is 80.9 Å². The number of carbonyl (C=O) groups is 1. The van der Waals surface area contributed by atoms with Gasteiger partial charge in [-0.05, 0) is 35.9 Å². The van der Waals surface area contributed by atoms with Crippen LogP contribution < -0.4 is 0 Å². The van der Waals surface area contributed by atoms with Gasteiger partial charge in [-0.25, -0.2) is 0 Å². The molecular formula is C11H12N4O2. The lowest BCUT2D eigenvalue weighted by atomic mass is 10.1. The molecule has 1 N–H and O–H groups in total. The van der Waals surface area contributed by atoms with Crippen molar-refractivity contribution < 1.29 is 9.90 Å². The molecule has 0 unspecified atom stereocenters. The van der Waals surface area contributed by atoms with Crippen LogP contribution in [0.4, 0.5) is 0 Å². The number of hydrogen-bond acceptors (Lipinski definition) is 4. The summed E-state index contributed by atoms with van der Waals surface area (Å²) in [5.74, 6) is -0.629. The minimum Gasteiger partial charge on any atom is -0.481 e. The van der Waals surface area contributed by atoms with Crippen LogP contribution in [-0.2, 0) is 11.2 Å². The summed E-state index contributed by atoms with van der Waals surface area (Å²) in [4.78, 5) is 10.7. The average molecular weight is 232 g/mol.